The van der Waals surface area contributed by atoms with E-state index in [9.17, 15) is 9.00 Å². The quantitative estimate of drug-likeness (QED) is 0.594. The average molecular weight is 534 g/mol. The van der Waals surface area contributed by atoms with Gasteiger partial charge in [-0.1, -0.05) is 13.0 Å². The highest BCUT2D eigenvalue weighted by Crippen LogP contribution is 2.53. The molecule has 0 aliphatic carbocycles. The van der Waals surface area contributed by atoms with Crippen LogP contribution < -0.4 is 10.2 Å². The van der Waals surface area contributed by atoms with Crippen molar-refractivity contribution in [1.29, 1.82) is 0 Å². The molecule has 2 N–H and O–H groups in total. The monoisotopic (exact) mass is 533 g/mol. The molecule has 0 bridgehead atoms. The third-order valence-electron chi connectivity index (χ3n) is 6.94. The van der Waals surface area contributed by atoms with Crippen molar-refractivity contribution in [3.8, 4) is 0 Å². The Kier molecular flexibility index (Phi) is 7.46. The number of rotatable bonds is 3. The zero-order valence-electron chi connectivity index (χ0n) is 22.4. The van der Waals surface area contributed by atoms with Crippen molar-refractivity contribution in [1.82, 2.24) is 19.9 Å². The molecule has 0 spiro atoms. The first-order chi connectivity index (χ1) is 17.3. The molecule has 0 radical (unpaired) electrons. The molecule has 0 saturated carbocycles. The average Bonchev–Trinajstić information content (AvgIpc) is 3.35. The van der Waals surface area contributed by atoms with Crippen molar-refractivity contribution in [2.24, 2.45) is 4.36 Å². The Balaban J connectivity index is 0.000000504. The van der Waals surface area contributed by atoms with Gasteiger partial charge in [-0.15, -0.1) is 0 Å². The van der Waals surface area contributed by atoms with Crippen LogP contribution in [0.1, 0.15) is 47.0 Å². The highest BCUT2D eigenvalue weighted by Gasteiger charge is 2.55. The maximum absolute atomic E-state index is 12.2. The van der Waals surface area contributed by atoms with Crippen LogP contribution in [0.25, 0.3) is 0 Å². The van der Waals surface area contributed by atoms with E-state index in [4.69, 9.17) is 9.84 Å². The summed E-state index contributed by atoms with van der Waals surface area (Å²) in [7, 11) is -0.205. The number of likely N-dealkylation sites (tertiary alicyclic amines) is 1. The molecule has 11 nitrogen and oxygen atoms in total. The van der Waals surface area contributed by atoms with Gasteiger partial charge in [-0.2, -0.15) is 9.35 Å². The van der Waals surface area contributed by atoms with Crippen LogP contribution in [0.15, 0.2) is 28.8 Å². The summed E-state index contributed by atoms with van der Waals surface area (Å²) in [5.74, 6) is 1.53. The van der Waals surface area contributed by atoms with E-state index in [0.717, 1.165) is 5.56 Å². The lowest BCUT2D eigenvalue weighted by atomic mass is 9.73. The molecule has 5 rings (SSSR count). The van der Waals surface area contributed by atoms with Crippen LogP contribution in [0.4, 0.5) is 28.2 Å². The van der Waals surface area contributed by atoms with Gasteiger partial charge in [0.25, 0.3) is 0 Å². The lowest BCUT2D eigenvalue weighted by Crippen LogP contribution is -2.54. The van der Waals surface area contributed by atoms with E-state index in [-0.39, 0.29) is 19.0 Å². The van der Waals surface area contributed by atoms with Crippen molar-refractivity contribution in [2.75, 3.05) is 49.5 Å². The zero-order valence-corrected chi connectivity index (χ0v) is 23.2. The lowest BCUT2D eigenvalue weighted by molar-refractivity contribution is -0.0893. The number of ether oxygens (including phenoxy) is 1. The third-order valence-corrected chi connectivity index (χ3v) is 7.56. The molecule has 0 unspecified atom stereocenters. The number of aromatic nitrogens is 3. The van der Waals surface area contributed by atoms with Crippen LogP contribution in [0.2, 0.25) is 0 Å². The van der Waals surface area contributed by atoms with E-state index < -0.39 is 21.2 Å². The number of pyridine rings is 1. The molecule has 12 heteroatoms. The first-order valence-electron chi connectivity index (χ1n) is 12.4. The summed E-state index contributed by atoms with van der Waals surface area (Å²) in [5.41, 5.74) is 0.0936. The number of carboxylic acid groups (broad SMARTS) is 1. The molecule has 1 amide bonds. The minimum absolute atomic E-state index is 0. The van der Waals surface area contributed by atoms with Gasteiger partial charge in [-0.25, -0.2) is 19.0 Å². The van der Waals surface area contributed by atoms with Crippen molar-refractivity contribution in [2.45, 2.75) is 57.1 Å². The second-order valence-electron chi connectivity index (χ2n) is 11.1. The third kappa shape index (κ3) is 6.19. The summed E-state index contributed by atoms with van der Waals surface area (Å²) in [6.07, 6.45) is 7.05. The Morgan fingerprint density at radius 1 is 1.24 bits per heavy atom. The summed E-state index contributed by atoms with van der Waals surface area (Å²) in [6, 6.07) is 5.31. The topological polar surface area (TPSA) is 133 Å². The Bertz CT molecular complexity index is 1290. The summed E-state index contributed by atoms with van der Waals surface area (Å²) >= 11 is 0. The SMILES string of the molecule is CC1(C)C[C@H]2N(c3cccc(N=S(C)(C)=O)n3)c3nc(NC(=O)O)ncc3[C@@]2(C)CO1.CN1CCCC1.[HH]. The smallest absolute Gasteiger partial charge is 0.411 e. The fourth-order valence-corrected chi connectivity index (χ4v) is 5.61. The summed E-state index contributed by atoms with van der Waals surface area (Å²) in [4.78, 5) is 28.8. The minimum Gasteiger partial charge on any atom is -0.465 e. The highest BCUT2D eigenvalue weighted by atomic mass is 32.2. The van der Waals surface area contributed by atoms with E-state index in [1.807, 2.05) is 30.9 Å². The summed E-state index contributed by atoms with van der Waals surface area (Å²) in [5, 5.41) is 11.3. The van der Waals surface area contributed by atoms with E-state index in [1.54, 1.807) is 24.8 Å². The van der Waals surface area contributed by atoms with Crippen molar-refractivity contribution in [3.63, 3.8) is 0 Å². The normalized spacial score (nSPS) is 24.5. The Labute approximate surface area is 220 Å². The number of nitrogens with zero attached hydrogens (tertiary/aromatic N) is 6. The largest absolute Gasteiger partial charge is 0.465 e. The van der Waals surface area contributed by atoms with Gasteiger partial charge in [-0.05, 0) is 65.4 Å². The molecule has 37 heavy (non-hydrogen) atoms. The molecule has 2 saturated heterocycles. The van der Waals surface area contributed by atoms with E-state index >= 15 is 0 Å². The molecule has 0 aromatic carbocycles. The van der Waals surface area contributed by atoms with Crippen LogP contribution in [0.3, 0.4) is 0 Å². The maximum Gasteiger partial charge on any atom is 0.411 e. The van der Waals surface area contributed by atoms with E-state index in [0.29, 0.717) is 30.5 Å². The van der Waals surface area contributed by atoms with Gasteiger partial charge in [0.1, 0.15) is 11.6 Å². The van der Waals surface area contributed by atoms with Gasteiger partial charge in [0, 0.05) is 40.8 Å². The predicted octanol–water partition coefficient (Wildman–Crippen LogP) is 4.26. The minimum atomic E-state index is -2.38. The number of anilines is 3. The van der Waals surface area contributed by atoms with Gasteiger partial charge < -0.3 is 19.6 Å². The molecule has 2 aromatic rings. The number of hydrogen-bond acceptors (Lipinski definition) is 9. The van der Waals surface area contributed by atoms with Crippen molar-refractivity contribution in [3.05, 3.63) is 30.0 Å². The fraction of sp³-hybridized carbons (Fsp3) is 0.600. The number of fused-ring (bicyclic) bond motifs is 3. The second kappa shape index (κ2) is 10.1. The predicted molar refractivity (Wildman–Crippen MR) is 147 cm³/mol. The van der Waals surface area contributed by atoms with Gasteiger partial charge in [0.2, 0.25) is 5.95 Å². The first kappa shape index (κ1) is 27.2. The first-order valence-corrected chi connectivity index (χ1v) is 14.7. The van der Waals surface area contributed by atoms with Crippen LogP contribution in [-0.4, -0.2) is 86.2 Å². The van der Waals surface area contributed by atoms with Crippen molar-refractivity contribution < 1.29 is 20.3 Å². The zero-order chi connectivity index (χ0) is 27.0. The summed E-state index contributed by atoms with van der Waals surface area (Å²) in [6.45, 7) is 9.28. The van der Waals surface area contributed by atoms with Crippen LogP contribution >= 0.6 is 0 Å². The summed E-state index contributed by atoms with van der Waals surface area (Å²) < 4.78 is 22.5. The maximum atomic E-state index is 12.2. The van der Waals surface area contributed by atoms with Gasteiger partial charge in [-0.3, -0.25) is 5.32 Å². The van der Waals surface area contributed by atoms with E-state index in [1.165, 1.54) is 25.9 Å². The molecule has 2 aromatic heterocycles. The van der Waals surface area contributed by atoms with Crippen LogP contribution in [0.5, 0.6) is 0 Å². The molecule has 3 aliphatic rings. The molecule has 5 heterocycles. The Hall–Kier alpha value is -2.83. The Morgan fingerprint density at radius 2 is 1.95 bits per heavy atom. The number of nitrogens with one attached hydrogen (secondary N) is 1. The van der Waals surface area contributed by atoms with Gasteiger partial charge in [0.05, 0.1) is 18.2 Å². The fourth-order valence-electron chi connectivity index (χ4n) is 5.05. The molecular formula is C25H39N7O4S. The molecular weight excluding hydrogens is 494 g/mol. The van der Waals surface area contributed by atoms with Crippen LogP contribution in [-0.2, 0) is 19.9 Å². The van der Waals surface area contributed by atoms with Crippen LogP contribution in [0, 0.1) is 0 Å². The second-order valence-corrected chi connectivity index (χ2v) is 13.6. The molecule has 2 atom stereocenters. The lowest BCUT2D eigenvalue weighted by Gasteiger charge is -2.46. The van der Waals surface area contributed by atoms with E-state index in [2.05, 4.69) is 43.5 Å². The van der Waals surface area contributed by atoms with Gasteiger partial charge >= 0.3 is 6.09 Å². The van der Waals surface area contributed by atoms with Crippen molar-refractivity contribution >= 4 is 39.2 Å². The van der Waals surface area contributed by atoms with Gasteiger partial charge in [0.15, 0.2) is 5.82 Å². The number of amides is 1. The molecule has 2 fully saturated rings. The molecule has 204 valence electrons. The highest BCUT2D eigenvalue weighted by molar-refractivity contribution is 7.92. The Morgan fingerprint density at radius 3 is 2.54 bits per heavy atom. The number of carbonyl (C=O) groups is 1. The molecule has 3 aliphatic heterocycles. The standard InChI is InChI=1S/C20H26N6O4S.C5H11N.H2/c1-19(2)9-13-20(3,11-30-19)12-10-21-17(24-18(27)28)23-16(12)26(13)15-8-6-7-14(22-15)25-31(4,5)29;1-6-4-2-3-5-6;/h6-8,10,13H,9,11H2,1-5H3,(H,27,28)(H,21,23,24);2-5H2,1H3;1H/t13-,20-;;/m1../s1. The number of hydrogen-bond donors (Lipinski definition) is 2.